The molecule has 1 heterocycles. The van der Waals surface area contributed by atoms with Crippen molar-refractivity contribution in [1.29, 1.82) is 0 Å². The van der Waals surface area contributed by atoms with Crippen LogP contribution >= 0.6 is 34.7 Å². The molecular weight excluding hydrogens is 222 g/mol. The first-order chi connectivity index (χ1) is 6.26. The standard InChI is InChI=1S/C9H14ClNS2/c1-3-7(6-11-2)12-9-5-4-8(10)13-9/h4-5,7,11H,3,6H2,1-2H3. The molecule has 1 N–H and O–H groups in total. The van der Waals surface area contributed by atoms with Crippen LogP contribution in [0.1, 0.15) is 13.3 Å². The van der Waals surface area contributed by atoms with Crippen LogP contribution in [0.5, 0.6) is 0 Å². The predicted molar refractivity (Wildman–Crippen MR) is 63.2 cm³/mol. The second-order valence-electron chi connectivity index (χ2n) is 2.76. The van der Waals surface area contributed by atoms with E-state index in [0.717, 1.165) is 10.9 Å². The van der Waals surface area contributed by atoms with E-state index >= 15 is 0 Å². The van der Waals surface area contributed by atoms with Crippen LogP contribution in [0.15, 0.2) is 16.3 Å². The topological polar surface area (TPSA) is 12.0 Å². The number of thiophene rings is 1. The van der Waals surface area contributed by atoms with Crippen LogP contribution in [0.25, 0.3) is 0 Å². The van der Waals surface area contributed by atoms with Crippen molar-refractivity contribution >= 4 is 34.7 Å². The van der Waals surface area contributed by atoms with Crippen molar-refractivity contribution < 1.29 is 0 Å². The zero-order valence-electron chi connectivity index (χ0n) is 7.84. The van der Waals surface area contributed by atoms with Crippen LogP contribution in [0.2, 0.25) is 4.34 Å². The smallest absolute Gasteiger partial charge is 0.0940 e. The minimum Gasteiger partial charge on any atom is -0.319 e. The first-order valence-corrected chi connectivity index (χ1v) is 6.40. The van der Waals surface area contributed by atoms with Gasteiger partial charge < -0.3 is 5.32 Å². The van der Waals surface area contributed by atoms with Crippen LogP contribution in [0.4, 0.5) is 0 Å². The SMILES string of the molecule is CCC(CNC)Sc1ccc(Cl)s1. The second-order valence-corrected chi connectivity index (χ2v) is 6.08. The van der Waals surface area contributed by atoms with E-state index in [1.807, 2.05) is 24.9 Å². The molecule has 0 spiro atoms. The molecule has 1 nitrogen and oxygen atoms in total. The van der Waals surface area contributed by atoms with Crippen molar-refractivity contribution in [3.8, 4) is 0 Å². The molecule has 1 rings (SSSR count). The number of halogens is 1. The molecule has 1 aromatic heterocycles. The fourth-order valence-electron chi connectivity index (χ4n) is 1.02. The van der Waals surface area contributed by atoms with Crippen LogP contribution < -0.4 is 5.32 Å². The minimum atomic E-state index is 0.653. The Morgan fingerprint density at radius 1 is 1.62 bits per heavy atom. The van der Waals surface area contributed by atoms with E-state index in [-0.39, 0.29) is 0 Å². The van der Waals surface area contributed by atoms with Gasteiger partial charge in [-0.1, -0.05) is 18.5 Å². The predicted octanol–water partition coefficient (Wildman–Crippen LogP) is 3.49. The monoisotopic (exact) mass is 235 g/mol. The summed E-state index contributed by atoms with van der Waals surface area (Å²) in [5.41, 5.74) is 0. The third-order valence-corrected chi connectivity index (χ3v) is 4.48. The largest absolute Gasteiger partial charge is 0.319 e. The van der Waals surface area contributed by atoms with Gasteiger partial charge in [-0.25, -0.2) is 0 Å². The van der Waals surface area contributed by atoms with Crippen LogP contribution in [-0.4, -0.2) is 18.8 Å². The summed E-state index contributed by atoms with van der Waals surface area (Å²) in [6.07, 6.45) is 1.18. The molecule has 4 heteroatoms. The van der Waals surface area contributed by atoms with Gasteiger partial charge in [-0.05, 0) is 25.6 Å². The van der Waals surface area contributed by atoms with Crippen molar-refractivity contribution in [3.63, 3.8) is 0 Å². The Morgan fingerprint density at radius 3 is 2.85 bits per heavy atom. The molecular formula is C9H14ClNS2. The zero-order chi connectivity index (χ0) is 9.68. The molecule has 0 bridgehead atoms. The molecule has 0 saturated heterocycles. The van der Waals surface area contributed by atoms with Gasteiger partial charge in [0.25, 0.3) is 0 Å². The summed E-state index contributed by atoms with van der Waals surface area (Å²) in [5, 5.41) is 3.85. The highest BCUT2D eigenvalue weighted by atomic mass is 35.5. The van der Waals surface area contributed by atoms with Gasteiger partial charge in [-0.3, -0.25) is 0 Å². The molecule has 1 atom stereocenters. The summed E-state index contributed by atoms with van der Waals surface area (Å²) in [7, 11) is 1.99. The van der Waals surface area contributed by atoms with Crippen molar-refractivity contribution in [2.75, 3.05) is 13.6 Å². The maximum Gasteiger partial charge on any atom is 0.0940 e. The zero-order valence-corrected chi connectivity index (χ0v) is 10.2. The molecule has 0 aliphatic carbocycles. The summed E-state index contributed by atoms with van der Waals surface area (Å²) in [5.74, 6) is 0. The molecule has 13 heavy (non-hydrogen) atoms. The summed E-state index contributed by atoms with van der Waals surface area (Å²) in [6.45, 7) is 3.26. The van der Waals surface area contributed by atoms with Gasteiger partial charge in [0, 0.05) is 11.8 Å². The first-order valence-electron chi connectivity index (χ1n) is 4.32. The Balaban J connectivity index is 2.46. The average molecular weight is 236 g/mol. The van der Waals surface area contributed by atoms with Gasteiger partial charge in [0.05, 0.1) is 8.55 Å². The van der Waals surface area contributed by atoms with E-state index in [1.54, 1.807) is 11.3 Å². The average Bonchev–Trinajstić information content (AvgIpc) is 2.50. The molecule has 0 aromatic carbocycles. The highest BCUT2D eigenvalue weighted by molar-refractivity contribution is 8.01. The molecule has 1 aromatic rings. The van der Waals surface area contributed by atoms with Gasteiger partial charge >= 0.3 is 0 Å². The van der Waals surface area contributed by atoms with E-state index in [0.29, 0.717) is 5.25 Å². The van der Waals surface area contributed by atoms with E-state index < -0.39 is 0 Å². The highest BCUT2D eigenvalue weighted by Gasteiger charge is 2.08. The van der Waals surface area contributed by atoms with Crippen LogP contribution in [0, 0.1) is 0 Å². The van der Waals surface area contributed by atoms with Crippen LogP contribution in [-0.2, 0) is 0 Å². The minimum absolute atomic E-state index is 0.653. The lowest BCUT2D eigenvalue weighted by Crippen LogP contribution is -2.19. The van der Waals surface area contributed by atoms with Crippen molar-refractivity contribution in [2.45, 2.75) is 22.8 Å². The van der Waals surface area contributed by atoms with Crippen molar-refractivity contribution in [2.24, 2.45) is 0 Å². The van der Waals surface area contributed by atoms with Gasteiger partial charge in [0.1, 0.15) is 0 Å². The number of hydrogen-bond donors (Lipinski definition) is 1. The van der Waals surface area contributed by atoms with Gasteiger partial charge in [-0.2, -0.15) is 0 Å². The quantitative estimate of drug-likeness (QED) is 0.785. The van der Waals surface area contributed by atoms with Crippen molar-refractivity contribution in [1.82, 2.24) is 5.32 Å². The molecule has 0 radical (unpaired) electrons. The van der Waals surface area contributed by atoms with E-state index in [9.17, 15) is 0 Å². The van der Waals surface area contributed by atoms with Gasteiger partial charge in [-0.15, -0.1) is 23.1 Å². The van der Waals surface area contributed by atoms with E-state index in [2.05, 4.69) is 18.3 Å². The third-order valence-electron chi connectivity index (χ3n) is 1.72. The van der Waals surface area contributed by atoms with E-state index in [1.165, 1.54) is 10.6 Å². The molecule has 0 aliphatic rings. The molecule has 0 amide bonds. The lowest BCUT2D eigenvalue weighted by atomic mass is 10.3. The Hall–Kier alpha value is 0.300. The lowest BCUT2D eigenvalue weighted by Gasteiger charge is -2.11. The summed E-state index contributed by atoms with van der Waals surface area (Å²) in [4.78, 5) is 0. The number of nitrogens with one attached hydrogen (secondary N) is 1. The summed E-state index contributed by atoms with van der Waals surface area (Å²) < 4.78 is 2.19. The summed E-state index contributed by atoms with van der Waals surface area (Å²) >= 11 is 9.42. The lowest BCUT2D eigenvalue weighted by molar-refractivity contribution is 0.727. The van der Waals surface area contributed by atoms with Gasteiger partial charge in [0.2, 0.25) is 0 Å². The Bertz CT molecular complexity index is 250. The third kappa shape index (κ3) is 3.90. The van der Waals surface area contributed by atoms with Crippen molar-refractivity contribution in [3.05, 3.63) is 16.5 Å². The summed E-state index contributed by atoms with van der Waals surface area (Å²) in [6, 6.07) is 4.05. The first kappa shape index (κ1) is 11.4. The fourth-order valence-corrected chi connectivity index (χ4v) is 3.70. The van der Waals surface area contributed by atoms with Crippen LogP contribution in [0.3, 0.4) is 0 Å². The maximum atomic E-state index is 5.85. The maximum absolute atomic E-state index is 5.85. The molecule has 1 unspecified atom stereocenters. The van der Waals surface area contributed by atoms with E-state index in [4.69, 9.17) is 11.6 Å². The second kappa shape index (κ2) is 5.91. The van der Waals surface area contributed by atoms with Gasteiger partial charge in [0.15, 0.2) is 0 Å². The Kier molecular flexibility index (Phi) is 5.17. The molecule has 0 aliphatic heterocycles. The Morgan fingerprint density at radius 2 is 2.38 bits per heavy atom. The number of hydrogen-bond acceptors (Lipinski definition) is 3. The molecule has 0 fully saturated rings. The fraction of sp³-hybridized carbons (Fsp3) is 0.556. The molecule has 74 valence electrons. The molecule has 0 saturated carbocycles. The number of thioether (sulfide) groups is 1. The number of rotatable bonds is 5. The highest BCUT2D eigenvalue weighted by Crippen LogP contribution is 2.33. The Labute approximate surface area is 92.9 Å². The normalized spacial score (nSPS) is 13.2.